The lowest BCUT2D eigenvalue weighted by Gasteiger charge is -2.00. The topological polar surface area (TPSA) is 21.6 Å². The molecular weight excluding hydrogens is 269 g/mol. The average molecular weight is 280 g/mol. The van der Waals surface area contributed by atoms with Gasteiger partial charge >= 0.3 is 0 Å². The number of rotatable bonds is 3. The zero-order valence-electron chi connectivity index (χ0n) is 9.73. The summed E-state index contributed by atoms with van der Waals surface area (Å²) in [6.07, 6.45) is 1.75. The van der Waals surface area contributed by atoms with Gasteiger partial charge in [-0.05, 0) is 35.9 Å². The normalized spacial score (nSPS) is 10.8. The smallest absolute Gasteiger partial charge is 0.119 e. The molecule has 0 aromatic heterocycles. The molecule has 2 nitrogen and oxygen atoms in total. The van der Waals surface area contributed by atoms with Crippen LogP contribution in [0, 0.1) is 0 Å². The van der Waals surface area contributed by atoms with Crippen LogP contribution in [0.15, 0.2) is 47.5 Å². The predicted octanol–water partition coefficient (Wildman–Crippen LogP) is 4.75. The van der Waals surface area contributed by atoms with E-state index in [0.717, 1.165) is 17.0 Å². The van der Waals surface area contributed by atoms with Crippen molar-refractivity contribution in [3.05, 3.63) is 58.1 Å². The molecule has 0 amide bonds. The Labute approximate surface area is 116 Å². The highest BCUT2D eigenvalue weighted by Crippen LogP contribution is 2.26. The molecule has 2 aromatic rings. The van der Waals surface area contributed by atoms with Crippen LogP contribution in [0.3, 0.4) is 0 Å². The Morgan fingerprint density at radius 3 is 2.61 bits per heavy atom. The summed E-state index contributed by atoms with van der Waals surface area (Å²) in [5.41, 5.74) is 1.72. The number of hydrogen-bond acceptors (Lipinski definition) is 2. The van der Waals surface area contributed by atoms with Crippen molar-refractivity contribution < 1.29 is 4.74 Å². The third-order valence-corrected chi connectivity index (χ3v) is 3.10. The summed E-state index contributed by atoms with van der Waals surface area (Å²) in [4.78, 5) is 4.33. The van der Waals surface area contributed by atoms with E-state index in [9.17, 15) is 0 Å². The molecule has 0 aliphatic rings. The van der Waals surface area contributed by atoms with Crippen LogP contribution in [0.2, 0.25) is 10.0 Å². The van der Waals surface area contributed by atoms with Gasteiger partial charge in [0.15, 0.2) is 0 Å². The molecule has 0 fully saturated rings. The highest BCUT2D eigenvalue weighted by atomic mass is 35.5. The lowest BCUT2D eigenvalue weighted by Crippen LogP contribution is -1.85. The minimum Gasteiger partial charge on any atom is -0.497 e. The van der Waals surface area contributed by atoms with E-state index in [1.165, 1.54) is 0 Å². The molecule has 0 saturated carbocycles. The van der Waals surface area contributed by atoms with Crippen LogP contribution in [-0.2, 0) is 0 Å². The van der Waals surface area contributed by atoms with Crippen molar-refractivity contribution in [1.29, 1.82) is 0 Å². The highest BCUT2D eigenvalue weighted by molar-refractivity contribution is 6.42. The van der Waals surface area contributed by atoms with Crippen LogP contribution in [0.5, 0.6) is 5.75 Å². The Bertz CT molecular complexity index is 582. The fraction of sp³-hybridized carbons (Fsp3) is 0.0714. The lowest BCUT2D eigenvalue weighted by atomic mass is 10.2. The molecule has 0 atom stereocenters. The summed E-state index contributed by atoms with van der Waals surface area (Å²) >= 11 is 11.8. The first-order valence-corrected chi connectivity index (χ1v) is 6.08. The van der Waals surface area contributed by atoms with Gasteiger partial charge < -0.3 is 4.74 Å². The predicted molar refractivity (Wildman–Crippen MR) is 76.7 cm³/mol. The molecule has 0 aliphatic carbocycles. The molecule has 92 valence electrons. The van der Waals surface area contributed by atoms with Gasteiger partial charge in [0.25, 0.3) is 0 Å². The van der Waals surface area contributed by atoms with Crippen molar-refractivity contribution >= 4 is 35.1 Å². The van der Waals surface area contributed by atoms with Crippen molar-refractivity contribution in [2.75, 3.05) is 7.11 Å². The molecule has 4 heteroatoms. The maximum absolute atomic E-state index is 5.92. The van der Waals surface area contributed by atoms with Gasteiger partial charge in [-0.1, -0.05) is 35.3 Å². The largest absolute Gasteiger partial charge is 0.497 e. The van der Waals surface area contributed by atoms with E-state index in [-0.39, 0.29) is 0 Å². The van der Waals surface area contributed by atoms with Gasteiger partial charge in [0, 0.05) is 6.21 Å². The van der Waals surface area contributed by atoms with Gasteiger partial charge in [-0.15, -0.1) is 0 Å². The van der Waals surface area contributed by atoms with Crippen LogP contribution < -0.4 is 4.74 Å². The van der Waals surface area contributed by atoms with Crippen molar-refractivity contribution in [3.63, 3.8) is 0 Å². The zero-order valence-corrected chi connectivity index (χ0v) is 11.2. The minimum atomic E-state index is 0.497. The van der Waals surface area contributed by atoms with E-state index in [1.807, 2.05) is 30.3 Å². The van der Waals surface area contributed by atoms with Crippen LogP contribution in [0.25, 0.3) is 0 Å². The van der Waals surface area contributed by atoms with E-state index < -0.39 is 0 Å². The number of hydrogen-bond donors (Lipinski definition) is 0. The molecule has 0 spiro atoms. The number of aliphatic imine (C=N–C) groups is 1. The average Bonchev–Trinajstić information content (AvgIpc) is 2.40. The van der Waals surface area contributed by atoms with Gasteiger partial charge in [0.05, 0.1) is 22.8 Å². The van der Waals surface area contributed by atoms with Crippen LogP contribution in [-0.4, -0.2) is 13.3 Å². The van der Waals surface area contributed by atoms with Crippen LogP contribution >= 0.6 is 23.2 Å². The number of ether oxygens (including phenoxy) is 1. The van der Waals surface area contributed by atoms with Crippen LogP contribution in [0.4, 0.5) is 5.69 Å². The summed E-state index contributed by atoms with van der Waals surface area (Å²) in [5, 5.41) is 1.02. The molecule has 0 bridgehead atoms. The van der Waals surface area contributed by atoms with Crippen LogP contribution in [0.1, 0.15) is 5.56 Å². The van der Waals surface area contributed by atoms with E-state index in [4.69, 9.17) is 27.9 Å². The minimum absolute atomic E-state index is 0.497. The van der Waals surface area contributed by atoms with Crippen molar-refractivity contribution in [1.82, 2.24) is 0 Å². The standard InChI is InChI=1S/C14H11Cl2NO/c1-18-12-4-2-3-10(7-12)9-17-11-5-6-13(15)14(16)8-11/h2-9H,1H3. The molecular formula is C14H11Cl2NO. The Kier molecular flexibility index (Phi) is 4.24. The van der Waals surface area contributed by atoms with Crippen molar-refractivity contribution in [3.8, 4) is 5.75 Å². The summed E-state index contributed by atoms with van der Waals surface area (Å²) in [6.45, 7) is 0. The Morgan fingerprint density at radius 1 is 1.06 bits per heavy atom. The van der Waals surface area contributed by atoms with E-state index in [2.05, 4.69) is 4.99 Å². The molecule has 0 heterocycles. The number of halogens is 2. The fourth-order valence-electron chi connectivity index (χ4n) is 1.44. The second-order valence-electron chi connectivity index (χ2n) is 3.63. The molecule has 0 radical (unpaired) electrons. The Balaban J connectivity index is 2.21. The van der Waals surface area contributed by atoms with E-state index >= 15 is 0 Å². The zero-order chi connectivity index (χ0) is 13.0. The summed E-state index contributed by atoms with van der Waals surface area (Å²) < 4.78 is 5.14. The van der Waals surface area contributed by atoms with Crippen molar-refractivity contribution in [2.24, 2.45) is 4.99 Å². The number of benzene rings is 2. The molecule has 2 rings (SSSR count). The first-order chi connectivity index (χ1) is 8.69. The number of nitrogens with zero attached hydrogens (tertiary/aromatic N) is 1. The summed E-state index contributed by atoms with van der Waals surface area (Å²) in [6, 6.07) is 12.9. The van der Waals surface area contributed by atoms with Gasteiger partial charge in [-0.25, -0.2) is 0 Å². The maximum Gasteiger partial charge on any atom is 0.119 e. The molecule has 0 unspecified atom stereocenters. The first kappa shape index (κ1) is 12.9. The molecule has 2 aromatic carbocycles. The second-order valence-corrected chi connectivity index (χ2v) is 4.45. The van der Waals surface area contributed by atoms with Gasteiger partial charge in [-0.2, -0.15) is 0 Å². The third-order valence-electron chi connectivity index (χ3n) is 2.36. The molecule has 0 aliphatic heterocycles. The summed E-state index contributed by atoms with van der Waals surface area (Å²) in [5.74, 6) is 0.799. The maximum atomic E-state index is 5.92. The SMILES string of the molecule is COc1cccc(C=Nc2ccc(Cl)c(Cl)c2)c1. The van der Waals surface area contributed by atoms with Crippen molar-refractivity contribution in [2.45, 2.75) is 0 Å². The molecule has 18 heavy (non-hydrogen) atoms. The summed E-state index contributed by atoms with van der Waals surface area (Å²) in [7, 11) is 1.63. The fourth-order valence-corrected chi connectivity index (χ4v) is 1.73. The third kappa shape index (κ3) is 3.25. The van der Waals surface area contributed by atoms with E-state index in [0.29, 0.717) is 10.0 Å². The Hall–Kier alpha value is -1.51. The first-order valence-electron chi connectivity index (χ1n) is 5.32. The van der Waals surface area contributed by atoms with Gasteiger partial charge in [-0.3, -0.25) is 4.99 Å². The van der Waals surface area contributed by atoms with Gasteiger partial charge in [0.2, 0.25) is 0 Å². The van der Waals surface area contributed by atoms with Gasteiger partial charge in [0.1, 0.15) is 5.75 Å². The second kappa shape index (κ2) is 5.89. The monoisotopic (exact) mass is 279 g/mol. The van der Waals surface area contributed by atoms with E-state index in [1.54, 1.807) is 25.5 Å². The lowest BCUT2D eigenvalue weighted by molar-refractivity contribution is 0.415. The Morgan fingerprint density at radius 2 is 1.89 bits per heavy atom. The quantitative estimate of drug-likeness (QED) is 0.743. The number of methoxy groups -OCH3 is 1. The highest BCUT2D eigenvalue weighted by Gasteiger charge is 1.98. The molecule has 0 N–H and O–H groups in total. The molecule has 0 saturated heterocycles.